The highest BCUT2D eigenvalue weighted by molar-refractivity contribution is 5.76. The minimum atomic E-state index is -0.663. The summed E-state index contributed by atoms with van der Waals surface area (Å²) in [4.78, 5) is 24.7. The van der Waals surface area contributed by atoms with E-state index in [1.54, 1.807) is 0 Å². The fourth-order valence-corrected chi connectivity index (χ4v) is 13.3. The first-order chi connectivity index (χ1) is 43.5. The van der Waals surface area contributed by atoms with Crippen molar-refractivity contribution in [3.63, 3.8) is 0 Å². The van der Waals surface area contributed by atoms with Gasteiger partial charge in [0.05, 0.1) is 25.4 Å². The molecule has 0 aromatic heterocycles. The summed E-state index contributed by atoms with van der Waals surface area (Å²) in [6.45, 7) is 5.02. The Kier molecular flexibility index (Phi) is 76.8. The molecule has 0 heterocycles. The van der Waals surface area contributed by atoms with Gasteiger partial charge in [0, 0.05) is 12.8 Å². The Morgan fingerprint density at radius 1 is 0.307 bits per heavy atom. The monoisotopic (exact) mass is 1240 g/mol. The summed E-state index contributed by atoms with van der Waals surface area (Å²) in [5, 5.41) is 23.5. The van der Waals surface area contributed by atoms with Crippen LogP contribution in [-0.2, 0) is 14.3 Å². The molecule has 0 saturated heterocycles. The van der Waals surface area contributed by atoms with E-state index in [1.165, 1.54) is 405 Å². The molecule has 6 nitrogen and oxygen atoms in total. The van der Waals surface area contributed by atoms with Crippen LogP contribution in [-0.4, -0.2) is 47.4 Å². The van der Waals surface area contributed by atoms with E-state index in [-0.39, 0.29) is 18.5 Å². The van der Waals surface area contributed by atoms with E-state index in [2.05, 4.69) is 31.3 Å². The third-order valence-corrected chi connectivity index (χ3v) is 19.6. The maximum Gasteiger partial charge on any atom is 0.305 e. The molecule has 6 heteroatoms. The number of hydrogen-bond acceptors (Lipinski definition) is 5. The lowest BCUT2D eigenvalue weighted by Crippen LogP contribution is -2.45. The van der Waals surface area contributed by atoms with Gasteiger partial charge in [0.25, 0.3) is 0 Å². The number of amides is 1. The van der Waals surface area contributed by atoms with Gasteiger partial charge in [0.2, 0.25) is 5.91 Å². The lowest BCUT2D eigenvalue weighted by molar-refractivity contribution is -0.143. The molecular formula is C82H161NO5. The van der Waals surface area contributed by atoms with Crippen LogP contribution in [0.1, 0.15) is 476 Å². The average Bonchev–Trinajstić information content (AvgIpc) is 3.58. The molecule has 0 aromatic carbocycles. The zero-order valence-electron chi connectivity index (χ0n) is 60.3. The van der Waals surface area contributed by atoms with Gasteiger partial charge in [-0.3, -0.25) is 9.59 Å². The Morgan fingerprint density at radius 3 is 0.807 bits per heavy atom. The van der Waals surface area contributed by atoms with Crippen LogP contribution < -0.4 is 5.32 Å². The molecule has 0 aliphatic carbocycles. The number of nitrogens with one attached hydrogen (secondary N) is 1. The quantitative estimate of drug-likeness (QED) is 0.0320. The molecule has 0 fully saturated rings. The molecule has 0 saturated carbocycles. The summed E-state index contributed by atoms with van der Waals surface area (Å²) < 4.78 is 5.51. The molecule has 0 aliphatic heterocycles. The first-order valence-electron chi connectivity index (χ1n) is 40.9. The zero-order chi connectivity index (χ0) is 63.5. The molecule has 0 spiro atoms. The Bertz CT molecular complexity index is 1340. The van der Waals surface area contributed by atoms with Crippen LogP contribution in [0.4, 0.5) is 0 Å². The minimum Gasteiger partial charge on any atom is -0.466 e. The summed E-state index contributed by atoms with van der Waals surface area (Å²) in [6, 6.07) is -0.540. The Labute approximate surface area is 552 Å². The molecule has 0 bridgehead atoms. The highest BCUT2D eigenvalue weighted by atomic mass is 16.5. The summed E-state index contributed by atoms with van der Waals surface area (Å²) in [5.41, 5.74) is 0. The predicted octanol–water partition coefficient (Wildman–Crippen LogP) is 27.1. The Morgan fingerprint density at radius 2 is 0.534 bits per heavy atom. The van der Waals surface area contributed by atoms with E-state index in [4.69, 9.17) is 4.74 Å². The first kappa shape index (κ1) is 86.6. The van der Waals surface area contributed by atoms with Crippen LogP contribution in [0.5, 0.6) is 0 Å². The topological polar surface area (TPSA) is 95.9 Å². The van der Waals surface area contributed by atoms with Crippen LogP contribution >= 0.6 is 0 Å². The van der Waals surface area contributed by atoms with Crippen molar-refractivity contribution in [1.82, 2.24) is 5.32 Å². The van der Waals surface area contributed by atoms with Crippen molar-refractivity contribution < 1.29 is 24.5 Å². The van der Waals surface area contributed by atoms with Crippen LogP contribution in [0.15, 0.2) is 12.2 Å². The van der Waals surface area contributed by atoms with E-state index in [9.17, 15) is 19.8 Å². The standard InChI is InChI=1S/C82H161NO5/c1-3-5-7-9-11-13-15-17-19-21-22-23-36-39-43-46-50-54-58-62-66-70-74-80(85)79(78-84)83-81(86)75-71-67-63-59-55-51-47-44-40-37-34-32-30-28-26-24-25-27-29-31-33-35-38-41-45-49-53-57-61-65-69-73-77-88-82(87)76-72-68-64-60-56-52-48-42-20-18-16-14-12-10-8-6-4-2/h27,29,79-80,84-85H,3-26,28,30-78H2,1-2H3,(H,83,86)/b29-27-. The number of hydrogen-bond donors (Lipinski definition) is 3. The molecule has 0 aliphatic rings. The van der Waals surface area contributed by atoms with Crippen LogP contribution in [0.3, 0.4) is 0 Å². The molecule has 0 rings (SSSR count). The fraction of sp³-hybridized carbons (Fsp3) is 0.951. The number of esters is 1. The number of ether oxygens (including phenoxy) is 1. The normalized spacial score (nSPS) is 12.5. The zero-order valence-corrected chi connectivity index (χ0v) is 60.3. The molecule has 524 valence electrons. The van der Waals surface area contributed by atoms with Crippen molar-refractivity contribution >= 4 is 11.9 Å². The molecule has 88 heavy (non-hydrogen) atoms. The molecule has 3 N–H and O–H groups in total. The second-order valence-electron chi connectivity index (χ2n) is 28.5. The Hall–Kier alpha value is -1.40. The van der Waals surface area contributed by atoms with Crippen molar-refractivity contribution in [3.8, 4) is 0 Å². The van der Waals surface area contributed by atoms with E-state index < -0.39 is 12.1 Å². The van der Waals surface area contributed by atoms with Crippen molar-refractivity contribution in [3.05, 3.63) is 12.2 Å². The Balaban J connectivity index is 3.34. The average molecular weight is 1240 g/mol. The second kappa shape index (κ2) is 78.0. The van der Waals surface area contributed by atoms with Gasteiger partial charge in [-0.1, -0.05) is 424 Å². The lowest BCUT2D eigenvalue weighted by atomic mass is 10.0. The molecule has 0 radical (unpaired) electrons. The van der Waals surface area contributed by atoms with Crippen molar-refractivity contribution in [2.45, 2.75) is 488 Å². The van der Waals surface area contributed by atoms with E-state index in [0.29, 0.717) is 25.9 Å². The molecule has 0 aromatic rings. The number of aliphatic hydroxyl groups excluding tert-OH is 2. The van der Waals surface area contributed by atoms with Gasteiger partial charge >= 0.3 is 5.97 Å². The second-order valence-corrected chi connectivity index (χ2v) is 28.5. The summed E-state index contributed by atoms with van der Waals surface area (Å²) in [7, 11) is 0. The summed E-state index contributed by atoms with van der Waals surface area (Å²) >= 11 is 0. The van der Waals surface area contributed by atoms with Crippen molar-refractivity contribution in [1.29, 1.82) is 0 Å². The van der Waals surface area contributed by atoms with E-state index >= 15 is 0 Å². The first-order valence-corrected chi connectivity index (χ1v) is 40.9. The van der Waals surface area contributed by atoms with Gasteiger partial charge in [-0.25, -0.2) is 0 Å². The number of allylic oxidation sites excluding steroid dienone is 2. The number of unbranched alkanes of at least 4 members (excludes halogenated alkanes) is 65. The van der Waals surface area contributed by atoms with Crippen molar-refractivity contribution in [2.24, 2.45) is 0 Å². The fourth-order valence-electron chi connectivity index (χ4n) is 13.3. The number of rotatable bonds is 78. The molecule has 1 amide bonds. The summed E-state index contributed by atoms with van der Waals surface area (Å²) in [5.74, 6) is -0.00273. The largest absolute Gasteiger partial charge is 0.466 e. The number of aliphatic hydroxyl groups is 2. The minimum absolute atomic E-state index is 0.0236. The van der Waals surface area contributed by atoms with Gasteiger partial charge < -0.3 is 20.3 Å². The smallest absolute Gasteiger partial charge is 0.305 e. The predicted molar refractivity (Wildman–Crippen MR) is 389 cm³/mol. The highest BCUT2D eigenvalue weighted by Crippen LogP contribution is 2.21. The molecular weight excluding hydrogens is 1080 g/mol. The molecule has 2 unspecified atom stereocenters. The summed E-state index contributed by atoms with van der Waals surface area (Å²) in [6.07, 6.45) is 98.9. The maximum absolute atomic E-state index is 12.6. The lowest BCUT2D eigenvalue weighted by Gasteiger charge is -2.22. The van der Waals surface area contributed by atoms with Crippen LogP contribution in [0.2, 0.25) is 0 Å². The number of carbonyl (C=O) groups is 2. The van der Waals surface area contributed by atoms with Crippen LogP contribution in [0, 0.1) is 0 Å². The van der Waals surface area contributed by atoms with Gasteiger partial charge in [0.15, 0.2) is 0 Å². The third kappa shape index (κ3) is 73.6. The van der Waals surface area contributed by atoms with Gasteiger partial charge in [0.1, 0.15) is 0 Å². The van der Waals surface area contributed by atoms with Gasteiger partial charge in [-0.15, -0.1) is 0 Å². The third-order valence-electron chi connectivity index (χ3n) is 19.6. The molecule has 2 atom stereocenters. The van der Waals surface area contributed by atoms with Crippen LogP contribution in [0.25, 0.3) is 0 Å². The van der Waals surface area contributed by atoms with E-state index in [0.717, 1.165) is 38.5 Å². The van der Waals surface area contributed by atoms with Gasteiger partial charge in [-0.2, -0.15) is 0 Å². The van der Waals surface area contributed by atoms with Gasteiger partial charge in [-0.05, 0) is 51.4 Å². The van der Waals surface area contributed by atoms with Crippen molar-refractivity contribution in [2.75, 3.05) is 13.2 Å². The number of carbonyl (C=O) groups excluding carboxylic acids is 2. The SMILES string of the molecule is CCCCCCCCCCCCCCCCCCCCCCCCC(O)C(CO)NC(=O)CCCCCCCCCCCCCCCCCC/C=C\CCCCCCCCCCCCCCOC(=O)CCCCCCCCCCCCCCCCCCC. The maximum atomic E-state index is 12.6. The highest BCUT2D eigenvalue weighted by Gasteiger charge is 2.20. The van der Waals surface area contributed by atoms with E-state index in [1.807, 2.05) is 0 Å².